The van der Waals surface area contributed by atoms with Crippen LogP contribution in [0.5, 0.6) is 0 Å². The highest BCUT2D eigenvalue weighted by molar-refractivity contribution is 7.88. The number of amides is 4. The number of sulfonamides is 1. The molecule has 0 aromatic heterocycles. The van der Waals surface area contributed by atoms with Crippen molar-refractivity contribution < 1.29 is 18.0 Å². The predicted molar refractivity (Wildman–Crippen MR) is 73.3 cm³/mol. The number of nitrogens with zero attached hydrogens (tertiary/aromatic N) is 1. The standard InChI is InChI=1S/C11H23N3O4S/c1-6-7-8-14(19(5,17)18)10(16)12-9(15)13-11(2,3)4/h6-8H2,1-5H3,(H2,12,13,15,16). The number of hydrogen-bond donors (Lipinski definition) is 2. The lowest BCUT2D eigenvalue weighted by Gasteiger charge is -2.23. The largest absolute Gasteiger partial charge is 0.339 e. The Balaban J connectivity index is 4.70. The highest BCUT2D eigenvalue weighted by Crippen LogP contribution is 2.03. The second-order valence-corrected chi connectivity index (χ2v) is 7.23. The number of imide groups is 1. The van der Waals surface area contributed by atoms with Crippen LogP contribution in [0.25, 0.3) is 0 Å². The molecule has 19 heavy (non-hydrogen) atoms. The van der Waals surface area contributed by atoms with Crippen LogP contribution in [0.2, 0.25) is 0 Å². The van der Waals surface area contributed by atoms with Gasteiger partial charge in [-0.3, -0.25) is 5.32 Å². The molecule has 0 saturated heterocycles. The topological polar surface area (TPSA) is 95.6 Å². The van der Waals surface area contributed by atoms with Gasteiger partial charge in [0.2, 0.25) is 10.0 Å². The zero-order chi connectivity index (χ0) is 15.3. The third-order valence-electron chi connectivity index (χ3n) is 2.05. The fraction of sp³-hybridized carbons (Fsp3) is 0.818. The van der Waals surface area contributed by atoms with E-state index in [0.717, 1.165) is 12.7 Å². The number of rotatable bonds is 4. The minimum Gasteiger partial charge on any atom is -0.333 e. The minimum absolute atomic E-state index is 0.0595. The highest BCUT2D eigenvalue weighted by atomic mass is 32.2. The Morgan fingerprint density at radius 1 is 1.21 bits per heavy atom. The van der Waals surface area contributed by atoms with Crippen molar-refractivity contribution in [3.63, 3.8) is 0 Å². The van der Waals surface area contributed by atoms with Gasteiger partial charge in [-0.1, -0.05) is 13.3 Å². The second kappa shape index (κ2) is 6.74. The van der Waals surface area contributed by atoms with Gasteiger partial charge in [0, 0.05) is 12.1 Å². The molecule has 0 aromatic rings. The molecule has 0 aliphatic carbocycles. The summed E-state index contributed by atoms with van der Waals surface area (Å²) in [4.78, 5) is 23.3. The molecule has 0 bridgehead atoms. The Kier molecular flexibility index (Phi) is 6.28. The monoisotopic (exact) mass is 293 g/mol. The van der Waals surface area contributed by atoms with Crippen LogP contribution >= 0.6 is 0 Å². The summed E-state index contributed by atoms with van der Waals surface area (Å²) in [5, 5.41) is 4.53. The van der Waals surface area contributed by atoms with E-state index in [4.69, 9.17) is 0 Å². The van der Waals surface area contributed by atoms with E-state index >= 15 is 0 Å². The molecule has 0 saturated carbocycles. The molecule has 7 nitrogen and oxygen atoms in total. The average Bonchev–Trinajstić information content (AvgIpc) is 2.12. The van der Waals surface area contributed by atoms with E-state index in [1.165, 1.54) is 0 Å². The molecule has 2 N–H and O–H groups in total. The lowest BCUT2D eigenvalue weighted by molar-refractivity contribution is 0.212. The van der Waals surface area contributed by atoms with Crippen molar-refractivity contribution in [2.45, 2.75) is 46.1 Å². The molecule has 4 amide bonds. The van der Waals surface area contributed by atoms with E-state index in [-0.39, 0.29) is 6.54 Å². The van der Waals surface area contributed by atoms with Crippen LogP contribution in [-0.4, -0.2) is 43.1 Å². The summed E-state index contributed by atoms with van der Waals surface area (Å²) in [7, 11) is -3.68. The maximum atomic E-state index is 11.8. The van der Waals surface area contributed by atoms with E-state index in [2.05, 4.69) is 5.32 Å². The van der Waals surface area contributed by atoms with Gasteiger partial charge in [0.15, 0.2) is 0 Å². The van der Waals surface area contributed by atoms with Crippen LogP contribution in [0.1, 0.15) is 40.5 Å². The molecule has 0 rings (SSSR count). The van der Waals surface area contributed by atoms with Crippen LogP contribution in [0.4, 0.5) is 9.59 Å². The van der Waals surface area contributed by atoms with Crippen LogP contribution in [0, 0.1) is 0 Å². The number of carbonyl (C=O) groups excluding carboxylic acids is 2. The number of unbranched alkanes of at least 4 members (excludes halogenated alkanes) is 1. The van der Waals surface area contributed by atoms with Crippen molar-refractivity contribution in [2.75, 3.05) is 12.8 Å². The minimum atomic E-state index is -3.68. The lowest BCUT2D eigenvalue weighted by atomic mass is 10.1. The molecule has 0 unspecified atom stereocenters. The number of hydrogen-bond acceptors (Lipinski definition) is 4. The van der Waals surface area contributed by atoms with Gasteiger partial charge in [0.25, 0.3) is 0 Å². The molecule has 0 aliphatic rings. The van der Waals surface area contributed by atoms with Crippen molar-refractivity contribution in [3.8, 4) is 0 Å². The van der Waals surface area contributed by atoms with Crippen molar-refractivity contribution in [1.82, 2.24) is 14.9 Å². The fourth-order valence-electron chi connectivity index (χ4n) is 1.25. The third-order valence-corrected chi connectivity index (χ3v) is 3.20. The number of nitrogens with one attached hydrogen (secondary N) is 2. The molecule has 0 fully saturated rings. The Morgan fingerprint density at radius 2 is 1.74 bits per heavy atom. The molecule has 0 atom stereocenters. The van der Waals surface area contributed by atoms with Gasteiger partial charge in [-0.2, -0.15) is 0 Å². The zero-order valence-electron chi connectivity index (χ0n) is 12.1. The lowest BCUT2D eigenvalue weighted by Crippen LogP contribution is -2.52. The Morgan fingerprint density at radius 3 is 2.11 bits per heavy atom. The van der Waals surface area contributed by atoms with Gasteiger partial charge < -0.3 is 5.32 Å². The summed E-state index contributed by atoms with van der Waals surface area (Å²) in [5.41, 5.74) is -0.510. The Labute approximate surface area is 114 Å². The molecule has 0 spiro atoms. The summed E-state index contributed by atoms with van der Waals surface area (Å²) >= 11 is 0. The van der Waals surface area contributed by atoms with Gasteiger partial charge in [0.05, 0.1) is 6.26 Å². The van der Waals surface area contributed by atoms with Crippen molar-refractivity contribution >= 4 is 22.1 Å². The van der Waals surface area contributed by atoms with Crippen LogP contribution in [-0.2, 0) is 10.0 Å². The molecule has 112 valence electrons. The number of carbonyl (C=O) groups is 2. The van der Waals surface area contributed by atoms with Crippen LogP contribution in [0.15, 0.2) is 0 Å². The van der Waals surface area contributed by atoms with Gasteiger partial charge in [-0.25, -0.2) is 22.3 Å². The van der Waals surface area contributed by atoms with Gasteiger partial charge in [0.1, 0.15) is 0 Å². The fourth-order valence-corrected chi connectivity index (χ4v) is 2.06. The summed E-state index contributed by atoms with van der Waals surface area (Å²) in [5.74, 6) is 0. The van der Waals surface area contributed by atoms with Gasteiger partial charge in [-0.15, -0.1) is 0 Å². The molecule has 0 radical (unpaired) electrons. The first kappa shape index (κ1) is 17.7. The smallest absolute Gasteiger partial charge is 0.333 e. The Hall–Kier alpha value is -1.31. The van der Waals surface area contributed by atoms with E-state index in [1.54, 1.807) is 20.8 Å². The molecular formula is C11H23N3O4S. The number of urea groups is 2. The van der Waals surface area contributed by atoms with Crippen LogP contribution < -0.4 is 10.6 Å². The van der Waals surface area contributed by atoms with E-state index in [0.29, 0.717) is 10.7 Å². The molecule has 0 heterocycles. The summed E-state index contributed by atoms with van der Waals surface area (Å²) in [6.07, 6.45) is 2.22. The first-order chi connectivity index (χ1) is 8.47. The van der Waals surface area contributed by atoms with Crippen molar-refractivity contribution in [2.24, 2.45) is 0 Å². The Bertz CT molecular complexity index is 426. The SMILES string of the molecule is CCCCN(C(=O)NC(=O)NC(C)(C)C)S(C)(=O)=O. The third kappa shape index (κ3) is 7.66. The van der Waals surface area contributed by atoms with Crippen molar-refractivity contribution in [1.29, 1.82) is 0 Å². The van der Waals surface area contributed by atoms with Gasteiger partial charge >= 0.3 is 12.1 Å². The molecular weight excluding hydrogens is 270 g/mol. The predicted octanol–water partition coefficient (Wildman–Crippen LogP) is 1.27. The first-order valence-electron chi connectivity index (χ1n) is 6.08. The zero-order valence-corrected chi connectivity index (χ0v) is 12.9. The normalized spacial score (nSPS) is 11.8. The quantitative estimate of drug-likeness (QED) is 0.815. The van der Waals surface area contributed by atoms with E-state index in [9.17, 15) is 18.0 Å². The molecule has 8 heteroatoms. The average molecular weight is 293 g/mol. The first-order valence-corrected chi connectivity index (χ1v) is 7.93. The van der Waals surface area contributed by atoms with E-state index < -0.39 is 27.6 Å². The maximum absolute atomic E-state index is 11.8. The summed E-state index contributed by atoms with van der Waals surface area (Å²) < 4.78 is 23.6. The summed E-state index contributed by atoms with van der Waals surface area (Å²) in [6.45, 7) is 7.20. The maximum Gasteiger partial charge on any atom is 0.339 e. The van der Waals surface area contributed by atoms with Gasteiger partial charge in [-0.05, 0) is 27.2 Å². The molecule has 0 aromatic carbocycles. The van der Waals surface area contributed by atoms with Crippen molar-refractivity contribution in [3.05, 3.63) is 0 Å². The van der Waals surface area contributed by atoms with E-state index in [1.807, 2.05) is 12.2 Å². The summed E-state index contributed by atoms with van der Waals surface area (Å²) in [6, 6.07) is -1.65. The second-order valence-electron chi connectivity index (χ2n) is 5.32. The highest BCUT2D eigenvalue weighted by Gasteiger charge is 2.25. The van der Waals surface area contributed by atoms with Crippen LogP contribution in [0.3, 0.4) is 0 Å². The molecule has 0 aliphatic heterocycles.